The number of aliphatic imine (C=N–C) groups is 2. The van der Waals surface area contributed by atoms with Crippen molar-refractivity contribution in [1.82, 2.24) is 21.7 Å². The van der Waals surface area contributed by atoms with Gasteiger partial charge in [0.15, 0.2) is 6.40 Å². The fourth-order valence-electron chi connectivity index (χ4n) is 5.68. The lowest BCUT2D eigenvalue weighted by Crippen LogP contribution is -2.36. The number of ether oxygens (including phenoxy) is 1. The van der Waals surface area contributed by atoms with Gasteiger partial charge in [0.25, 0.3) is 0 Å². The maximum Gasteiger partial charge on any atom is 0.192 e. The van der Waals surface area contributed by atoms with E-state index in [2.05, 4.69) is 113 Å². The molecule has 6 heterocycles. The van der Waals surface area contributed by atoms with Gasteiger partial charge in [0, 0.05) is 50.2 Å². The molecule has 0 radical (unpaired) electrons. The average molecular weight is 1480 g/mol. The molecule has 10 rings (SSSR count). The lowest BCUT2D eigenvalue weighted by Gasteiger charge is -2.10. The van der Waals surface area contributed by atoms with Crippen LogP contribution in [-0.4, -0.2) is 89.3 Å². The van der Waals surface area contributed by atoms with Gasteiger partial charge in [0.05, 0.1) is 19.4 Å². The van der Waals surface area contributed by atoms with Gasteiger partial charge in [-0.25, -0.2) is 9.82 Å². The van der Waals surface area contributed by atoms with Crippen LogP contribution in [-0.2, 0) is 9.57 Å². The highest BCUT2D eigenvalue weighted by molar-refractivity contribution is 7.98. The molecule has 4 aliphatic carbocycles. The predicted octanol–water partition coefficient (Wildman–Crippen LogP) is 31.6. The predicted molar refractivity (Wildman–Crippen MR) is 500 cm³/mol. The molecule has 2 saturated carbocycles. The van der Waals surface area contributed by atoms with Crippen LogP contribution in [0.5, 0.6) is 0 Å². The van der Waals surface area contributed by atoms with E-state index in [1.807, 2.05) is 296 Å². The van der Waals surface area contributed by atoms with Crippen LogP contribution in [0, 0.1) is 0 Å². The molecule has 0 unspecified atom stereocenters. The molecule has 626 valence electrons. The Morgan fingerprint density at radius 2 is 0.784 bits per heavy atom. The highest BCUT2D eigenvalue weighted by Crippen LogP contribution is 2.21. The van der Waals surface area contributed by atoms with Crippen molar-refractivity contribution in [2.75, 3.05) is 51.7 Å². The van der Waals surface area contributed by atoms with E-state index in [1.165, 1.54) is 144 Å². The topological polar surface area (TPSA) is 141 Å². The summed E-state index contributed by atoms with van der Waals surface area (Å²) in [5, 5.41) is 10.9. The zero-order valence-electron chi connectivity index (χ0n) is 78.2. The molecule has 0 aromatic carbocycles. The third kappa shape index (κ3) is 218. The molecule has 0 aromatic heterocycles. The van der Waals surface area contributed by atoms with Crippen LogP contribution in [0.25, 0.3) is 0 Å². The van der Waals surface area contributed by atoms with Crippen molar-refractivity contribution >= 4 is 49.5 Å². The zero-order chi connectivity index (χ0) is 84.7. The molecule has 4 N–H and O–H groups in total. The number of nitrogens with one attached hydrogen (secondary N) is 4. The smallest absolute Gasteiger partial charge is 0.192 e. The number of oxime groups is 1. The highest BCUT2D eigenvalue weighted by atomic mass is 32.2. The first-order valence-corrected chi connectivity index (χ1v) is 44.0. The van der Waals surface area contributed by atoms with E-state index in [1.54, 1.807) is 24.5 Å². The Bertz CT molecular complexity index is 1260. The zero-order valence-corrected chi connectivity index (χ0v) is 79.0. The SMILES string of the molecule is C1=NCCNN1.C1=NNCCC1.C1=NNCCO1.C1=NOCCC1.C1=NSCCC1.C=C1C=CCC1.C=C1C=CCCC1.C=C1C=NCC1.C=C1CCCC1.C=C1CCCCC1.CC.CC.CC.CC.CC.CC.CC.CC.CC.CC.CC.CC.CC.CC.CC.CC.CC.CC.CC.CC. The van der Waals surface area contributed by atoms with Gasteiger partial charge in [-0.15, -0.1) is 5.10 Å². The molecular weight excluding hydrogens is 1270 g/mol. The molecule has 0 amide bonds. The van der Waals surface area contributed by atoms with Crippen LogP contribution in [0.2, 0.25) is 0 Å². The number of nitrogens with zero attached hydrogens (tertiary/aromatic N) is 6. The fourth-order valence-corrected chi connectivity index (χ4v) is 6.29. The van der Waals surface area contributed by atoms with E-state index in [9.17, 15) is 0 Å². The lowest BCUT2D eigenvalue weighted by atomic mass is 9.97. The third-order valence-corrected chi connectivity index (χ3v) is 10.1. The number of hydrogen-bond donors (Lipinski definition) is 4. The van der Waals surface area contributed by atoms with Crippen LogP contribution >= 0.6 is 11.9 Å². The Morgan fingerprint density at radius 3 is 0.892 bits per heavy atom. The minimum absolute atomic E-state index is 0.740. The molecule has 0 bridgehead atoms. The summed E-state index contributed by atoms with van der Waals surface area (Å²) in [6.07, 6.45) is 45.6. The largest absolute Gasteiger partial charge is 0.480 e. The Balaban J connectivity index is -0.0000000386. The second-order valence-electron chi connectivity index (χ2n) is 15.3. The van der Waals surface area contributed by atoms with Gasteiger partial charge in [-0.3, -0.25) is 9.98 Å². The van der Waals surface area contributed by atoms with Gasteiger partial charge >= 0.3 is 0 Å². The molecule has 102 heavy (non-hydrogen) atoms. The molecule has 0 spiro atoms. The lowest BCUT2D eigenvalue weighted by molar-refractivity contribution is 0.134. The van der Waals surface area contributed by atoms with Crippen LogP contribution in [0.4, 0.5) is 0 Å². The fraction of sp³-hybridized carbons (Fsp3) is 0.775. The van der Waals surface area contributed by atoms with Crippen molar-refractivity contribution in [2.45, 2.75) is 412 Å². The van der Waals surface area contributed by atoms with Crippen LogP contribution in [0.15, 0.2) is 115 Å². The summed E-state index contributed by atoms with van der Waals surface area (Å²) in [7, 11) is 0. The number of hydrazone groups is 2. The molecule has 0 aromatic rings. The monoisotopic (exact) mass is 1480 g/mol. The molecule has 0 atom stereocenters. The minimum Gasteiger partial charge on any atom is -0.480 e. The van der Waals surface area contributed by atoms with E-state index < -0.39 is 0 Å². The molecule has 0 saturated heterocycles. The van der Waals surface area contributed by atoms with E-state index in [0.29, 0.717) is 0 Å². The maximum absolute atomic E-state index is 4.72. The molecule has 12 nitrogen and oxygen atoms in total. The second-order valence-corrected chi connectivity index (χ2v) is 16.1. The summed E-state index contributed by atoms with van der Waals surface area (Å²) in [6.45, 7) is 105. The van der Waals surface area contributed by atoms with E-state index in [0.717, 1.165) is 77.2 Å². The molecule has 6 aliphatic heterocycles. The van der Waals surface area contributed by atoms with Gasteiger partial charge in [0.1, 0.15) is 13.2 Å². The number of allylic oxidation sites excluding steroid dienone is 8. The van der Waals surface area contributed by atoms with Gasteiger partial charge in [-0.05, 0) is 146 Å². The number of hydrazine groups is 1. The summed E-state index contributed by atoms with van der Waals surface area (Å²) >= 11 is 1.66. The number of hydrogen-bond acceptors (Lipinski definition) is 13. The molecular formula is C89H202N10O2S. The van der Waals surface area contributed by atoms with E-state index in [4.69, 9.17) is 4.74 Å². The van der Waals surface area contributed by atoms with Crippen molar-refractivity contribution < 1.29 is 9.57 Å². The summed E-state index contributed by atoms with van der Waals surface area (Å²) in [5.41, 5.74) is 17.8. The Morgan fingerprint density at radius 1 is 0.353 bits per heavy atom. The molecule has 13 heteroatoms. The first-order chi connectivity index (χ1) is 50.5. The van der Waals surface area contributed by atoms with Gasteiger partial charge in [-0.2, -0.15) is 5.10 Å². The second kappa shape index (κ2) is 225. The van der Waals surface area contributed by atoms with Gasteiger partial charge < -0.3 is 25.9 Å². The van der Waals surface area contributed by atoms with Crippen LogP contribution in [0.3, 0.4) is 0 Å². The van der Waals surface area contributed by atoms with Crippen molar-refractivity contribution in [1.29, 1.82) is 0 Å². The van der Waals surface area contributed by atoms with Crippen molar-refractivity contribution in [3.63, 3.8) is 0 Å². The summed E-state index contributed by atoms with van der Waals surface area (Å²) in [4.78, 5) is 12.5. The standard InChI is InChI=1S/C7H12.C7H10.C6H10.C6H8.C5H7N.C4H8N2.C4H7NO.C4H7NS.C3H7N3.C3H6N2O.20C2H6/c2*1-7-5-3-2-4-6-7;2*1-6-4-2-3-5-6;1-5-2-3-6-4-5;3*1-2-4-6-5-3-1;1-2-5-6-3-4-1;1-2-6-3-5-4-1;20*1-2/h1-6H2;3,5H,1-2,4,6H2;1-5H2;2,4H,1,3,5H2;4H,1-3H2;3,6H,1-2,4H2;2*3H,1-2,4H2;3,5H,1-2H2,(H,4,6);3-4H,1-2H2;20*1-2H3. The van der Waals surface area contributed by atoms with Crippen molar-refractivity contribution in [2.24, 2.45) is 29.7 Å². The van der Waals surface area contributed by atoms with E-state index >= 15 is 0 Å². The summed E-state index contributed by atoms with van der Waals surface area (Å²) < 4.78 is 8.68. The Hall–Kier alpha value is -4.49. The Kier molecular flexibility index (Phi) is 334. The van der Waals surface area contributed by atoms with E-state index in [-0.39, 0.29) is 0 Å². The quantitative estimate of drug-likeness (QED) is 0.140. The minimum atomic E-state index is 0.740. The third-order valence-electron chi connectivity index (χ3n) is 9.33. The first kappa shape index (κ1) is 151. The first-order valence-electron chi connectivity index (χ1n) is 43.0. The van der Waals surface area contributed by atoms with Gasteiger partial charge in [0.2, 0.25) is 0 Å². The summed E-state index contributed by atoms with van der Waals surface area (Å²) in [5.74, 6) is 1.22. The van der Waals surface area contributed by atoms with Crippen molar-refractivity contribution in [3.05, 3.63) is 85.1 Å². The van der Waals surface area contributed by atoms with Crippen LogP contribution in [0.1, 0.15) is 412 Å². The summed E-state index contributed by atoms with van der Waals surface area (Å²) in [6, 6.07) is 0. The van der Waals surface area contributed by atoms with Gasteiger partial charge in [-0.1, -0.05) is 368 Å². The average Bonchev–Trinajstić information content (AvgIpc) is 1.90. The Labute approximate surface area is 655 Å². The van der Waals surface area contributed by atoms with Crippen molar-refractivity contribution in [3.8, 4) is 0 Å². The highest BCUT2D eigenvalue weighted by Gasteiger charge is 2.02. The molecule has 2 fully saturated rings. The van der Waals surface area contributed by atoms with Crippen LogP contribution < -0.4 is 21.7 Å². The molecule has 10 aliphatic rings. The number of rotatable bonds is 0. The normalized spacial score (nSPS) is 13.6. The maximum atomic E-state index is 4.72.